The molecule has 1 aromatic carbocycles. The number of likely N-dealkylation sites (N-methyl/N-ethyl adjacent to an activating group) is 1. The fourth-order valence-electron chi connectivity index (χ4n) is 1.86. The minimum absolute atomic E-state index is 0.289. The van der Waals surface area contributed by atoms with E-state index in [-0.39, 0.29) is 6.54 Å². The number of pyridine rings is 1. The predicted molar refractivity (Wildman–Crippen MR) is 79.0 cm³/mol. The number of hydrogen-bond donors (Lipinski definition) is 1. The molecular formula is C16H17N3O2. The lowest BCUT2D eigenvalue weighted by atomic mass is 10.2. The molecule has 0 spiro atoms. The van der Waals surface area contributed by atoms with Crippen LogP contribution < -0.4 is 5.32 Å². The molecule has 0 fully saturated rings. The molecule has 5 heteroatoms. The summed E-state index contributed by atoms with van der Waals surface area (Å²) < 4.78 is 0. The zero-order valence-electron chi connectivity index (χ0n) is 11.8. The highest BCUT2D eigenvalue weighted by molar-refractivity contribution is 6.34. The van der Waals surface area contributed by atoms with Crippen molar-refractivity contribution in [3.63, 3.8) is 0 Å². The first-order valence-electron chi connectivity index (χ1n) is 6.63. The number of nitrogens with one attached hydrogen (secondary N) is 1. The minimum atomic E-state index is -0.614. The van der Waals surface area contributed by atoms with E-state index in [9.17, 15) is 9.59 Å². The first kappa shape index (κ1) is 14.7. The second-order valence-electron chi connectivity index (χ2n) is 4.69. The summed E-state index contributed by atoms with van der Waals surface area (Å²) in [6.45, 7) is 0.692. The van der Waals surface area contributed by atoms with Crippen LogP contribution in [0.2, 0.25) is 0 Å². The molecule has 0 atom stereocenters. The third kappa shape index (κ3) is 4.42. The number of carbonyl (C=O) groups is 2. The van der Waals surface area contributed by atoms with Crippen molar-refractivity contribution < 1.29 is 9.59 Å². The van der Waals surface area contributed by atoms with Crippen LogP contribution in [0, 0.1) is 0 Å². The van der Waals surface area contributed by atoms with Crippen molar-refractivity contribution in [3.8, 4) is 0 Å². The van der Waals surface area contributed by atoms with Gasteiger partial charge < -0.3 is 10.2 Å². The van der Waals surface area contributed by atoms with E-state index in [4.69, 9.17) is 0 Å². The van der Waals surface area contributed by atoms with Gasteiger partial charge in [0.2, 0.25) is 0 Å². The number of carbonyl (C=O) groups excluding carboxylic acids is 2. The van der Waals surface area contributed by atoms with E-state index in [0.29, 0.717) is 6.54 Å². The summed E-state index contributed by atoms with van der Waals surface area (Å²) in [6, 6.07) is 13.2. The lowest BCUT2D eigenvalue weighted by Crippen LogP contribution is -2.40. The van der Waals surface area contributed by atoms with Gasteiger partial charge in [-0.15, -0.1) is 0 Å². The topological polar surface area (TPSA) is 62.3 Å². The van der Waals surface area contributed by atoms with Gasteiger partial charge in [-0.1, -0.05) is 36.4 Å². The summed E-state index contributed by atoms with van der Waals surface area (Å²) in [7, 11) is 1.61. The van der Waals surface area contributed by atoms with E-state index in [1.165, 1.54) is 4.90 Å². The van der Waals surface area contributed by atoms with Crippen LogP contribution in [0.25, 0.3) is 0 Å². The molecule has 0 aliphatic heterocycles. The molecule has 0 unspecified atom stereocenters. The van der Waals surface area contributed by atoms with Crippen molar-refractivity contribution in [3.05, 3.63) is 66.0 Å². The number of rotatable bonds is 4. The molecule has 1 heterocycles. The molecule has 0 saturated heterocycles. The predicted octanol–water partition coefficient (Wildman–Crippen LogP) is 1.36. The Morgan fingerprint density at radius 3 is 2.48 bits per heavy atom. The molecule has 0 bridgehead atoms. The van der Waals surface area contributed by atoms with Gasteiger partial charge in [0.25, 0.3) is 0 Å². The van der Waals surface area contributed by atoms with Gasteiger partial charge in [0.05, 0.1) is 0 Å². The molecule has 21 heavy (non-hydrogen) atoms. The van der Waals surface area contributed by atoms with Crippen LogP contribution in [0.15, 0.2) is 54.9 Å². The second kappa shape index (κ2) is 7.19. The Kier molecular flexibility index (Phi) is 5.04. The molecule has 1 aromatic heterocycles. The van der Waals surface area contributed by atoms with E-state index in [1.807, 2.05) is 36.4 Å². The maximum atomic E-state index is 12.0. The van der Waals surface area contributed by atoms with Crippen molar-refractivity contribution in [1.82, 2.24) is 15.2 Å². The van der Waals surface area contributed by atoms with Gasteiger partial charge in [-0.2, -0.15) is 0 Å². The lowest BCUT2D eigenvalue weighted by molar-refractivity contribution is -0.145. The van der Waals surface area contributed by atoms with Gasteiger partial charge in [0, 0.05) is 32.5 Å². The highest BCUT2D eigenvalue weighted by Gasteiger charge is 2.18. The molecule has 0 aliphatic carbocycles. The van der Waals surface area contributed by atoms with Crippen LogP contribution in [0.3, 0.4) is 0 Å². The third-order valence-corrected chi connectivity index (χ3v) is 2.98. The number of hydrogen-bond acceptors (Lipinski definition) is 3. The first-order valence-corrected chi connectivity index (χ1v) is 6.63. The molecule has 2 rings (SSSR count). The number of amides is 2. The molecular weight excluding hydrogens is 266 g/mol. The molecule has 108 valence electrons. The first-order chi connectivity index (χ1) is 10.2. The highest BCUT2D eigenvalue weighted by Crippen LogP contribution is 2.03. The number of aromatic nitrogens is 1. The molecule has 2 aromatic rings. The van der Waals surface area contributed by atoms with E-state index in [2.05, 4.69) is 10.3 Å². The van der Waals surface area contributed by atoms with E-state index in [1.54, 1.807) is 25.5 Å². The largest absolute Gasteiger partial charge is 0.344 e. The molecule has 0 aliphatic rings. The zero-order chi connectivity index (χ0) is 15.1. The average molecular weight is 283 g/mol. The van der Waals surface area contributed by atoms with E-state index in [0.717, 1.165) is 11.1 Å². The fourth-order valence-corrected chi connectivity index (χ4v) is 1.86. The summed E-state index contributed by atoms with van der Waals surface area (Å²) in [6.07, 6.45) is 3.31. The van der Waals surface area contributed by atoms with Crippen molar-refractivity contribution in [1.29, 1.82) is 0 Å². The zero-order valence-corrected chi connectivity index (χ0v) is 11.8. The fraction of sp³-hybridized carbons (Fsp3) is 0.188. The molecule has 2 amide bonds. The van der Waals surface area contributed by atoms with Crippen molar-refractivity contribution in [2.45, 2.75) is 13.1 Å². The highest BCUT2D eigenvalue weighted by atomic mass is 16.2. The van der Waals surface area contributed by atoms with E-state index < -0.39 is 11.8 Å². The van der Waals surface area contributed by atoms with Crippen molar-refractivity contribution in [2.24, 2.45) is 0 Å². The van der Waals surface area contributed by atoms with Crippen LogP contribution >= 0.6 is 0 Å². The monoisotopic (exact) mass is 283 g/mol. The smallest absolute Gasteiger partial charge is 0.311 e. The molecule has 1 N–H and O–H groups in total. The Morgan fingerprint density at radius 2 is 1.81 bits per heavy atom. The summed E-state index contributed by atoms with van der Waals surface area (Å²) in [5, 5.41) is 2.60. The van der Waals surface area contributed by atoms with Crippen LogP contribution in [0.4, 0.5) is 0 Å². The van der Waals surface area contributed by atoms with Crippen molar-refractivity contribution >= 4 is 11.8 Å². The summed E-state index contributed by atoms with van der Waals surface area (Å²) >= 11 is 0. The van der Waals surface area contributed by atoms with Crippen LogP contribution in [-0.4, -0.2) is 28.7 Å². The minimum Gasteiger partial charge on any atom is -0.344 e. The lowest BCUT2D eigenvalue weighted by Gasteiger charge is -2.16. The Hall–Kier alpha value is -2.69. The Balaban J connectivity index is 1.85. The number of nitrogens with zero attached hydrogens (tertiary/aromatic N) is 2. The maximum Gasteiger partial charge on any atom is 0.311 e. The maximum absolute atomic E-state index is 12.0. The van der Waals surface area contributed by atoms with Crippen LogP contribution in [0.5, 0.6) is 0 Å². The molecule has 0 radical (unpaired) electrons. The van der Waals surface area contributed by atoms with E-state index >= 15 is 0 Å². The summed E-state index contributed by atoms with van der Waals surface area (Å²) in [5.74, 6) is -1.17. The van der Waals surface area contributed by atoms with Gasteiger partial charge in [-0.25, -0.2) is 0 Å². The van der Waals surface area contributed by atoms with Gasteiger partial charge in [-0.05, 0) is 17.2 Å². The summed E-state index contributed by atoms with van der Waals surface area (Å²) in [4.78, 5) is 29.1. The Bertz CT molecular complexity index is 599. The van der Waals surface area contributed by atoms with Gasteiger partial charge >= 0.3 is 11.8 Å². The second-order valence-corrected chi connectivity index (χ2v) is 4.69. The SMILES string of the molecule is CN(Cc1ccccc1)C(=O)C(=O)NCc1cccnc1. The number of benzene rings is 1. The molecule has 0 saturated carbocycles. The quantitative estimate of drug-likeness (QED) is 0.862. The standard InChI is InChI=1S/C16H17N3O2/c1-19(12-13-6-3-2-4-7-13)16(21)15(20)18-11-14-8-5-9-17-10-14/h2-10H,11-12H2,1H3,(H,18,20). The molecule has 5 nitrogen and oxygen atoms in total. The average Bonchev–Trinajstić information content (AvgIpc) is 2.53. The third-order valence-electron chi connectivity index (χ3n) is 2.98. The van der Waals surface area contributed by atoms with Gasteiger partial charge in [-0.3, -0.25) is 14.6 Å². The Labute approximate surface area is 123 Å². The van der Waals surface area contributed by atoms with Gasteiger partial charge in [0.15, 0.2) is 0 Å². The van der Waals surface area contributed by atoms with Crippen LogP contribution in [0.1, 0.15) is 11.1 Å². The Morgan fingerprint density at radius 1 is 1.10 bits per heavy atom. The van der Waals surface area contributed by atoms with Crippen molar-refractivity contribution in [2.75, 3.05) is 7.05 Å². The normalized spacial score (nSPS) is 9.95. The summed E-state index contributed by atoms with van der Waals surface area (Å²) in [5.41, 5.74) is 1.83. The van der Waals surface area contributed by atoms with Crippen LogP contribution in [-0.2, 0) is 22.7 Å². The van der Waals surface area contributed by atoms with Gasteiger partial charge in [0.1, 0.15) is 0 Å².